The Hall–Kier alpha value is -1.59. The van der Waals surface area contributed by atoms with Crippen LogP contribution in [-0.2, 0) is 0 Å². The largest absolute Gasteiger partial charge is 0.383 e. The summed E-state index contributed by atoms with van der Waals surface area (Å²) >= 11 is 7.53. The number of thiazole rings is 1. The second-order valence-electron chi connectivity index (χ2n) is 3.27. The van der Waals surface area contributed by atoms with E-state index in [9.17, 15) is 0 Å². The Morgan fingerprint density at radius 3 is 2.88 bits per heavy atom. The summed E-state index contributed by atoms with van der Waals surface area (Å²) in [6, 6.07) is 7.48. The highest BCUT2D eigenvalue weighted by molar-refractivity contribution is 7.15. The fourth-order valence-electron chi connectivity index (χ4n) is 1.46. The number of halogens is 1. The van der Waals surface area contributed by atoms with Crippen molar-refractivity contribution in [2.24, 2.45) is 0 Å². The van der Waals surface area contributed by atoms with Crippen LogP contribution in [0.3, 0.4) is 0 Å². The lowest BCUT2D eigenvalue weighted by molar-refractivity contribution is 0.994. The van der Waals surface area contributed by atoms with Crippen molar-refractivity contribution < 1.29 is 0 Å². The Balaban J connectivity index is 2.23. The first-order valence-electron chi connectivity index (χ1n) is 4.60. The van der Waals surface area contributed by atoms with Gasteiger partial charge in [0.1, 0.15) is 5.82 Å². The van der Waals surface area contributed by atoms with Crippen LogP contribution < -0.4 is 5.73 Å². The fraction of sp³-hybridized carbons (Fsp3) is 0. The predicted octanol–water partition coefficient (Wildman–Crippen LogP) is 2.69. The van der Waals surface area contributed by atoms with Crippen molar-refractivity contribution >= 4 is 33.7 Å². The second-order valence-corrected chi connectivity index (χ2v) is 4.51. The van der Waals surface area contributed by atoms with Gasteiger partial charge in [0.2, 0.25) is 4.96 Å². The van der Waals surface area contributed by atoms with Crippen molar-refractivity contribution in [1.29, 1.82) is 0 Å². The Morgan fingerprint density at radius 2 is 2.12 bits per heavy atom. The molecule has 0 bridgehead atoms. The lowest BCUT2D eigenvalue weighted by Gasteiger charge is -1.96. The number of aromatic nitrogens is 3. The maximum Gasteiger partial charge on any atom is 0.214 e. The smallest absolute Gasteiger partial charge is 0.214 e. The highest BCUT2D eigenvalue weighted by Crippen LogP contribution is 2.27. The molecule has 6 heteroatoms. The molecule has 80 valence electrons. The molecule has 0 amide bonds. The van der Waals surface area contributed by atoms with Crippen molar-refractivity contribution in [1.82, 2.24) is 14.6 Å². The first-order chi connectivity index (χ1) is 7.75. The number of hydrogen-bond acceptors (Lipinski definition) is 4. The standard InChI is InChI=1S/C10H7ClN4S/c11-7-4-2-1-3-6(7)9-13-10-15(14-9)8(12)5-16-10/h1-5H,12H2. The van der Waals surface area contributed by atoms with Gasteiger partial charge in [-0.3, -0.25) is 0 Å². The Labute approximate surface area is 100 Å². The molecule has 16 heavy (non-hydrogen) atoms. The third-order valence-electron chi connectivity index (χ3n) is 2.22. The number of hydrogen-bond donors (Lipinski definition) is 1. The summed E-state index contributed by atoms with van der Waals surface area (Å²) in [4.78, 5) is 5.14. The van der Waals surface area contributed by atoms with Crippen molar-refractivity contribution in [3.63, 3.8) is 0 Å². The molecule has 0 spiro atoms. The van der Waals surface area contributed by atoms with Gasteiger partial charge < -0.3 is 5.73 Å². The summed E-state index contributed by atoms with van der Waals surface area (Å²) in [5.74, 6) is 1.19. The molecular formula is C10H7ClN4S. The fourth-order valence-corrected chi connectivity index (χ4v) is 2.39. The molecule has 2 aromatic heterocycles. The van der Waals surface area contributed by atoms with Crippen LogP contribution in [0.1, 0.15) is 0 Å². The van der Waals surface area contributed by atoms with E-state index in [1.165, 1.54) is 11.3 Å². The molecule has 0 saturated carbocycles. The third kappa shape index (κ3) is 1.36. The molecule has 2 heterocycles. The number of fused-ring (bicyclic) bond motifs is 1. The van der Waals surface area contributed by atoms with E-state index in [-0.39, 0.29) is 0 Å². The van der Waals surface area contributed by atoms with Crippen LogP contribution in [0.2, 0.25) is 5.02 Å². The summed E-state index contributed by atoms with van der Waals surface area (Å²) in [6.45, 7) is 0. The molecule has 3 rings (SSSR count). The number of nitrogen functional groups attached to an aromatic ring is 1. The van der Waals surface area contributed by atoms with Gasteiger partial charge in [0.15, 0.2) is 5.82 Å². The summed E-state index contributed by atoms with van der Waals surface area (Å²) in [5, 5.41) is 6.76. The topological polar surface area (TPSA) is 56.2 Å². The number of nitrogens with zero attached hydrogens (tertiary/aromatic N) is 3. The van der Waals surface area contributed by atoms with E-state index in [0.717, 1.165) is 10.5 Å². The molecule has 0 unspecified atom stereocenters. The van der Waals surface area contributed by atoms with Crippen LogP contribution in [-0.4, -0.2) is 14.6 Å². The zero-order chi connectivity index (χ0) is 11.1. The van der Waals surface area contributed by atoms with E-state index >= 15 is 0 Å². The van der Waals surface area contributed by atoms with Crippen LogP contribution in [0.25, 0.3) is 16.3 Å². The summed E-state index contributed by atoms with van der Waals surface area (Å²) in [5.41, 5.74) is 6.56. The molecule has 0 fully saturated rings. The first kappa shape index (κ1) is 9.62. The van der Waals surface area contributed by atoms with Gasteiger partial charge in [-0.25, -0.2) is 0 Å². The number of rotatable bonds is 1. The normalized spacial score (nSPS) is 11.1. The van der Waals surface area contributed by atoms with Crippen LogP contribution in [0.15, 0.2) is 29.6 Å². The minimum absolute atomic E-state index is 0.589. The molecule has 0 aliphatic heterocycles. The monoisotopic (exact) mass is 250 g/mol. The van der Waals surface area contributed by atoms with Crippen LogP contribution in [0.4, 0.5) is 5.82 Å². The average molecular weight is 251 g/mol. The minimum Gasteiger partial charge on any atom is -0.383 e. The zero-order valence-electron chi connectivity index (χ0n) is 8.09. The second kappa shape index (κ2) is 3.47. The van der Waals surface area contributed by atoms with Gasteiger partial charge in [-0.1, -0.05) is 23.7 Å². The summed E-state index contributed by atoms with van der Waals surface area (Å²) in [6.07, 6.45) is 0. The van der Waals surface area contributed by atoms with Gasteiger partial charge >= 0.3 is 0 Å². The Morgan fingerprint density at radius 1 is 1.31 bits per heavy atom. The number of anilines is 1. The van der Waals surface area contributed by atoms with E-state index in [1.807, 2.05) is 29.6 Å². The lowest BCUT2D eigenvalue weighted by atomic mass is 10.2. The van der Waals surface area contributed by atoms with Crippen molar-refractivity contribution in [3.05, 3.63) is 34.7 Å². The summed E-state index contributed by atoms with van der Waals surface area (Å²) in [7, 11) is 0. The number of benzene rings is 1. The van der Waals surface area contributed by atoms with Crippen LogP contribution in [0.5, 0.6) is 0 Å². The molecule has 0 atom stereocenters. The highest BCUT2D eigenvalue weighted by Gasteiger charge is 2.11. The lowest BCUT2D eigenvalue weighted by Crippen LogP contribution is -1.92. The SMILES string of the molecule is Nc1csc2nc(-c3ccccc3Cl)nn12. The van der Waals surface area contributed by atoms with E-state index in [4.69, 9.17) is 17.3 Å². The quantitative estimate of drug-likeness (QED) is 0.722. The minimum atomic E-state index is 0.589. The maximum absolute atomic E-state index is 6.08. The molecule has 2 N–H and O–H groups in total. The van der Waals surface area contributed by atoms with Crippen LogP contribution in [0, 0.1) is 0 Å². The van der Waals surface area contributed by atoms with Gasteiger partial charge in [-0.15, -0.1) is 16.4 Å². The van der Waals surface area contributed by atoms with Gasteiger partial charge in [0.25, 0.3) is 0 Å². The van der Waals surface area contributed by atoms with E-state index in [0.29, 0.717) is 16.7 Å². The zero-order valence-corrected chi connectivity index (χ0v) is 9.66. The van der Waals surface area contributed by atoms with E-state index in [2.05, 4.69) is 10.1 Å². The van der Waals surface area contributed by atoms with E-state index in [1.54, 1.807) is 4.52 Å². The molecule has 0 aliphatic carbocycles. The molecule has 0 saturated heterocycles. The Bertz CT molecular complexity index is 658. The third-order valence-corrected chi connectivity index (χ3v) is 3.39. The van der Waals surface area contributed by atoms with Gasteiger partial charge in [-0.2, -0.15) is 9.50 Å². The molecule has 4 nitrogen and oxygen atoms in total. The predicted molar refractivity (Wildman–Crippen MR) is 65.7 cm³/mol. The van der Waals surface area contributed by atoms with Crippen molar-refractivity contribution in [2.45, 2.75) is 0 Å². The van der Waals surface area contributed by atoms with Crippen molar-refractivity contribution in [2.75, 3.05) is 5.73 Å². The van der Waals surface area contributed by atoms with E-state index < -0.39 is 0 Å². The molecule has 1 aromatic carbocycles. The molecule has 3 aromatic rings. The maximum atomic E-state index is 6.08. The van der Waals surface area contributed by atoms with Gasteiger partial charge in [0.05, 0.1) is 5.02 Å². The van der Waals surface area contributed by atoms with Crippen LogP contribution >= 0.6 is 22.9 Å². The summed E-state index contributed by atoms with van der Waals surface area (Å²) < 4.78 is 1.61. The van der Waals surface area contributed by atoms with Gasteiger partial charge in [0, 0.05) is 10.9 Å². The molecule has 0 radical (unpaired) electrons. The first-order valence-corrected chi connectivity index (χ1v) is 5.86. The highest BCUT2D eigenvalue weighted by atomic mass is 35.5. The molecule has 0 aliphatic rings. The number of nitrogens with two attached hydrogens (primary N) is 1. The van der Waals surface area contributed by atoms with Crippen molar-refractivity contribution in [3.8, 4) is 11.4 Å². The molecular weight excluding hydrogens is 244 g/mol. The average Bonchev–Trinajstić information content (AvgIpc) is 2.82. The Kier molecular flexibility index (Phi) is 2.08. The van der Waals surface area contributed by atoms with Gasteiger partial charge in [-0.05, 0) is 12.1 Å².